The third-order valence-corrected chi connectivity index (χ3v) is 5.61. The second-order valence-corrected chi connectivity index (χ2v) is 7.55. The first kappa shape index (κ1) is 19.7. The lowest BCUT2D eigenvalue weighted by Gasteiger charge is -2.37. The Kier molecular flexibility index (Phi) is 5.79. The van der Waals surface area contributed by atoms with Crippen LogP contribution in [0.25, 0.3) is 0 Å². The Labute approximate surface area is 155 Å². The van der Waals surface area contributed by atoms with Crippen LogP contribution in [0.3, 0.4) is 0 Å². The summed E-state index contributed by atoms with van der Waals surface area (Å²) in [5.41, 5.74) is 8.94. The zero-order valence-corrected chi connectivity index (χ0v) is 16.0. The number of rotatable bonds is 3. The zero-order valence-electron chi connectivity index (χ0n) is 15.2. The number of nitrogens with two attached hydrogens (primary N) is 1. The predicted octanol–water partition coefficient (Wildman–Crippen LogP) is 2.71. The molecule has 6 heteroatoms. The maximum absolute atomic E-state index is 12.7. The van der Waals surface area contributed by atoms with E-state index in [1.807, 2.05) is 32.0 Å². The predicted molar refractivity (Wildman–Crippen MR) is 102 cm³/mol. The second-order valence-electron chi connectivity index (χ2n) is 7.55. The van der Waals surface area contributed by atoms with Gasteiger partial charge < -0.3 is 16.0 Å². The van der Waals surface area contributed by atoms with Gasteiger partial charge in [0.1, 0.15) is 0 Å². The summed E-state index contributed by atoms with van der Waals surface area (Å²) in [5.74, 6) is 0.0247. The molecule has 1 aliphatic heterocycles. The van der Waals surface area contributed by atoms with E-state index in [2.05, 4.69) is 5.32 Å². The van der Waals surface area contributed by atoms with Crippen LogP contribution in [0.15, 0.2) is 18.2 Å². The summed E-state index contributed by atoms with van der Waals surface area (Å²) in [7, 11) is 1.80. The number of fused-ring (bicyclic) bond motifs is 1. The van der Waals surface area contributed by atoms with Gasteiger partial charge in [-0.15, -0.1) is 12.4 Å². The van der Waals surface area contributed by atoms with Crippen molar-refractivity contribution in [3.8, 4) is 0 Å². The molecule has 0 radical (unpaired) electrons. The smallest absolute Gasteiger partial charge is 0.231 e. The zero-order chi connectivity index (χ0) is 17.5. The lowest BCUT2D eigenvalue weighted by atomic mass is 9.74. The first-order chi connectivity index (χ1) is 11.3. The van der Waals surface area contributed by atoms with Gasteiger partial charge in [-0.25, -0.2) is 0 Å². The number of carbonyl (C=O) groups is 2. The van der Waals surface area contributed by atoms with Crippen molar-refractivity contribution in [2.75, 3.05) is 11.9 Å². The average Bonchev–Trinajstić information content (AvgIpc) is 2.81. The summed E-state index contributed by atoms with van der Waals surface area (Å²) < 4.78 is 0. The molecule has 0 spiro atoms. The molecular formula is C19H28ClN3O2. The van der Waals surface area contributed by atoms with Crippen molar-refractivity contribution < 1.29 is 9.59 Å². The molecule has 3 unspecified atom stereocenters. The Morgan fingerprint density at radius 1 is 1.40 bits per heavy atom. The van der Waals surface area contributed by atoms with E-state index in [0.29, 0.717) is 6.42 Å². The van der Waals surface area contributed by atoms with Crippen molar-refractivity contribution in [3.63, 3.8) is 0 Å². The highest BCUT2D eigenvalue weighted by Crippen LogP contribution is 2.33. The average molecular weight is 366 g/mol. The Morgan fingerprint density at radius 3 is 2.80 bits per heavy atom. The van der Waals surface area contributed by atoms with Gasteiger partial charge in [-0.05, 0) is 43.9 Å². The minimum Gasteiger partial charge on any atom is -0.349 e. The van der Waals surface area contributed by atoms with Crippen molar-refractivity contribution >= 4 is 29.9 Å². The van der Waals surface area contributed by atoms with E-state index in [4.69, 9.17) is 5.73 Å². The third-order valence-electron chi connectivity index (χ3n) is 5.61. The molecule has 25 heavy (non-hydrogen) atoms. The van der Waals surface area contributed by atoms with Crippen molar-refractivity contribution in [1.82, 2.24) is 5.32 Å². The molecule has 1 aromatic rings. The summed E-state index contributed by atoms with van der Waals surface area (Å²) in [6, 6.07) is 5.89. The van der Waals surface area contributed by atoms with Crippen LogP contribution in [0.5, 0.6) is 0 Å². The Bertz CT molecular complexity index is 675. The number of hydrogen-bond acceptors (Lipinski definition) is 3. The number of nitrogens with zero attached hydrogens (tertiary/aromatic N) is 1. The van der Waals surface area contributed by atoms with E-state index in [-0.39, 0.29) is 36.2 Å². The molecule has 1 heterocycles. The molecule has 5 nitrogen and oxygen atoms in total. The maximum Gasteiger partial charge on any atom is 0.231 e. The Hall–Kier alpha value is -1.59. The van der Waals surface area contributed by atoms with E-state index >= 15 is 0 Å². The number of halogens is 1. The van der Waals surface area contributed by atoms with Gasteiger partial charge in [-0.3, -0.25) is 9.59 Å². The van der Waals surface area contributed by atoms with Crippen LogP contribution in [0, 0.1) is 5.92 Å². The van der Waals surface area contributed by atoms with Crippen LogP contribution in [0.2, 0.25) is 0 Å². The van der Waals surface area contributed by atoms with Crippen LogP contribution < -0.4 is 16.0 Å². The number of anilines is 1. The number of likely N-dealkylation sites (N-methyl/N-ethyl adjacent to an activating group) is 1. The molecule has 0 saturated heterocycles. The molecule has 138 valence electrons. The minimum absolute atomic E-state index is 0. The van der Waals surface area contributed by atoms with Gasteiger partial charge in [-0.1, -0.05) is 25.0 Å². The summed E-state index contributed by atoms with van der Waals surface area (Å²) in [5, 5.41) is 3.12. The van der Waals surface area contributed by atoms with E-state index in [1.54, 1.807) is 11.9 Å². The number of amides is 2. The normalized spacial score (nSPS) is 26.6. The number of benzene rings is 1. The summed E-state index contributed by atoms with van der Waals surface area (Å²) >= 11 is 0. The molecule has 0 aromatic heterocycles. The molecule has 3 atom stereocenters. The van der Waals surface area contributed by atoms with Gasteiger partial charge in [0.15, 0.2) is 0 Å². The lowest BCUT2D eigenvalue weighted by Crippen LogP contribution is -2.53. The molecule has 3 N–H and O–H groups in total. The molecule has 1 saturated carbocycles. The van der Waals surface area contributed by atoms with Crippen LogP contribution in [-0.4, -0.2) is 24.4 Å². The number of hydrogen-bond donors (Lipinski definition) is 2. The largest absolute Gasteiger partial charge is 0.349 e. The molecule has 2 aliphatic rings. The maximum atomic E-state index is 12.7. The van der Waals surface area contributed by atoms with Gasteiger partial charge in [0.05, 0.1) is 18.4 Å². The first-order valence-corrected chi connectivity index (χ1v) is 8.78. The fourth-order valence-electron chi connectivity index (χ4n) is 3.95. The summed E-state index contributed by atoms with van der Waals surface area (Å²) in [4.78, 5) is 26.2. The van der Waals surface area contributed by atoms with E-state index < -0.39 is 5.54 Å². The molecular weight excluding hydrogens is 338 g/mol. The quantitative estimate of drug-likeness (QED) is 0.864. The Balaban J connectivity index is 0.00000225. The van der Waals surface area contributed by atoms with E-state index in [9.17, 15) is 9.59 Å². The third kappa shape index (κ3) is 3.82. The fraction of sp³-hybridized carbons (Fsp3) is 0.579. The van der Waals surface area contributed by atoms with Crippen molar-refractivity contribution in [2.24, 2.45) is 11.7 Å². The first-order valence-electron chi connectivity index (χ1n) is 8.78. The van der Waals surface area contributed by atoms with Crippen molar-refractivity contribution in [1.29, 1.82) is 0 Å². The SMILES string of the molecule is CC(NC(=O)C1CCCCC1(C)N)c1ccc2c(c1)CC(=O)N2C.Cl. The van der Waals surface area contributed by atoms with Crippen LogP contribution in [0.1, 0.15) is 56.7 Å². The van der Waals surface area contributed by atoms with E-state index in [0.717, 1.165) is 42.5 Å². The number of carbonyl (C=O) groups excluding carboxylic acids is 2. The lowest BCUT2D eigenvalue weighted by molar-refractivity contribution is -0.128. The fourth-order valence-corrected chi connectivity index (χ4v) is 3.95. The van der Waals surface area contributed by atoms with Crippen LogP contribution in [-0.2, 0) is 16.0 Å². The molecule has 2 amide bonds. The molecule has 1 aliphatic carbocycles. The second kappa shape index (κ2) is 7.34. The van der Waals surface area contributed by atoms with Crippen molar-refractivity contribution in [3.05, 3.63) is 29.3 Å². The molecule has 1 fully saturated rings. The van der Waals surface area contributed by atoms with Crippen LogP contribution in [0.4, 0.5) is 5.69 Å². The standard InChI is InChI=1S/C19H27N3O2.ClH/c1-12(21-18(24)15-6-4-5-9-19(15,2)20)13-7-8-16-14(10-13)11-17(23)22(16)3;/h7-8,10,12,15H,4-6,9,11,20H2,1-3H3,(H,21,24);1H. The molecule has 1 aromatic carbocycles. The van der Waals surface area contributed by atoms with Crippen molar-refractivity contribution in [2.45, 2.75) is 57.5 Å². The summed E-state index contributed by atoms with van der Waals surface area (Å²) in [6.45, 7) is 3.97. The van der Waals surface area contributed by atoms with Crippen LogP contribution >= 0.6 is 12.4 Å². The molecule has 0 bridgehead atoms. The van der Waals surface area contributed by atoms with Gasteiger partial charge in [0, 0.05) is 18.3 Å². The van der Waals surface area contributed by atoms with Gasteiger partial charge in [-0.2, -0.15) is 0 Å². The number of nitrogens with one attached hydrogen (secondary N) is 1. The van der Waals surface area contributed by atoms with E-state index in [1.165, 1.54) is 0 Å². The van der Waals surface area contributed by atoms with Gasteiger partial charge >= 0.3 is 0 Å². The summed E-state index contributed by atoms with van der Waals surface area (Å²) in [6.07, 6.45) is 4.34. The highest BCUT2D eigenvalue weighted by molar-refractivity contribution is 6.00. The Morgan fingerprint density at radius 2 is 2.12 bits per heavy atom. The minimum atomic E-state index is -0.422. The topological polar surface area (TPSA) is 75.4 Å². The van der Waals surface area contributed by atoms with Gasteiger partial charge in [0.2, 0.25) is 11.8 Å². The monoisotopic (exact) mass is 365 g/mol. The highest BCUT2D eigenvalue weighted by Gasteiger charge is 2.38. The highest BCUT2D eigenvalue weighted by atomic mass is 35.5. The van der Waals surface area contributed by atoms with Gasteiger partial charge in [0.25, 0.3) is 0 Å². The molecule has 3 rings (SSSR count).